The van der Waals surface area contributed by atoms with Crippen molar-refractivity contribution in [2.45, 2.75) is 51.6 Å². The van der Waals surface area contributed by atoms with Crippen molar-refractivity contribution >= 4 is 27.9 Å². The Balaban J connectivity index is 1.39. The van der Waals surface area contributed by atoms with Crippen LogP contribution >= 0.6 is 15.9 Å². The number of amides is 2. The number of hydrogen-bond acceptors (Lipinski definition) is 5. The van der Waals surface area contributed by atoms with Gasteiger partial charge in [-0.2, -0.15) is 5.06 Å². The van der Waals surface area contributed by atoms with Crippen molar-refractivity contribution in [3.8, 4) is 22.4 Å². The molecule has 5 rings (SSSR count). The molecule has 1 aliphatic carbocycles. The normalized spacial score (nSPS) is 17.4. The van der Waals surface area contributed by atoms with Crippen LogP contribution in [0.2, 0.25) is 0 Å². The Bertz CT molecular complexity index is 1340. The number of halogens is 1. The van der Waals surface area contributed by atoms with Gasteiger partial charge in [0.2, 0.25) is 5.91 Å². The third kappa shape index (κ3) is 4.78. The molecule has 2 atom stereocenters. The number of methoxy groups -OCH3 is 1. The highest BCUT2D eigenvalue weighted by Crippen LogP contribution is 2.38. The number of carbonyl (C=O) groups excluding carboxylic acids is 2. The predicted octanol–water partition coefficient (Wildman–Crippen LogP) is 5.75. The van der Waals surface area contributed by atoms with E-state index in [9.17, 15) is 14.8 Å². The summed E-state index contributed by atoms with van der Waals surface area (Å²) in [7, 11) is 1.18. The molecule has 2 heterocycles. The first-order valence-corrected chi connectivity index (χ1v) is 13.4. The Hall–Kier alpha value is -3.17. The minimum atomic E-state index is -1.04. The zero-order chi connectivity index (χ0) is 26.3. The van der Waals surface area contributed by atoms with Gasteiger partial charge in [-0.15, -0.1) is 0 Å². The van der Waals surface area contributed by atoms with Gasteiger partial charge < -0.3 is 14.6 Å². The number of nitrogens with one attached hydrogen (secondary N) is 1. The van der Waals surface area contributed by atoms with E-state index in [-0.39, 0.29) is 17.9 Å². The highest BCUT2D eigenvalue weighted by atomic mass is 79.9. The second-order valence-corrected chi connectivity index (χ2v) is 11.0. The molecule has 1 saturated heterocycles. The summed E-state index contributed by atoms with van der Waals surface area (Å²) in [6.45, 7) is 4.11. The fourth-order valence-corrected chi connectivity index (χ4v) is 5.96. The molecule has 1 fully saturated rings. The molecule has 37 heavy (non-hydrogen) atoms. The van der Waals surface area contributed by atoms with E-state index < -0.39 is 12.1 Å². The molecule has 2 amide bonds. The molecule has 9 heteroatoms. The van der Waals surface area contributed by atoms with Gasteiger partial charge in [0, 0.05) is 11.0 Å². The van der Waals surface area contributed by atoms with E-state index in [1.165, 1.54) is 29.4 Å². The molecule has 0 saturated carbocycles. The van der Waals surface area contributed by atoms with Crippen molar-refractivity contribution < 1.29 is 19.5 Å². The van der Waals surface area contributed by atoms with Gasteiger partial charge in [-0.25, -0.2) is 9.78 Å². The first-order chi connectivity index (χ1) is 17.8. The lowest BCUT2D eigenvalue weighted by molar-refractivity contribution is -0.160. The molecular weight excluding hydrogens is 536 g/mol. The van der Waals surface area contributed by atoms with E-state index in [0.29, 0.717) is 17.4 Å². The van der Waals surface area contributed by atoms with Crippen molar-refractivity contribution in [3.63, 3.8) is 0 Å². The second kappa shape index (κ2) is 10.3. The maximum atomic E-state index is 13.5. The van der Waals surface area contributed by atoms with E-state index in [2.05, 4.69) is 67.0 Å². The summed E-state index contributed by atoms with van der Waals surface area (Å²) in [6, 6.07) is 11.7. The van der Waals surface area contributed by atoms with Gasteiger partial charge in [-0.05, 0) is 77.6 Å². The number of aromatic amines is 1. The minimum absolute atomic E-state index is 0.253. The molecule has 2 N–H and O–H groups in total. The number of hydroxylamine groups is 2. The molecule has 2 aliphatic rings. The SMILES string of the molecule is COC(=O)N(O)[C@H](C(=O)N1CCC[C@H]1c1ncc(-c2ccc3c(c2)CCc2cc(Br)ccc2-3)[nH]1)C(C)C. The first-order valence-electron chi connectivity index (χ1n) is 12.6. The van der Waals surface area contributed by atoms with Gasteiger partial charge in [0.15, 0.2) is 0 Å². The highest BCUT2D eigenvalue weighted by Gasteiger charge is 2.41. The van der Waals surface area contributed by atoms with Gasteiger partial charge in [0.25, 0.3) is 0 Å². The second-order valence-electron chi connectivity index (χ2n) is 10.0. The molecule has 0 radical (unpaired) electrons. The van der Waals surface area contributed by atoms with Crippen LogP contribution in [-0.2, 0) is 22.4 Å². The summed E-state index contributed by atoms with van der Waals surface area (Å²) in [6.07, 6.45) is 4.42. The number of hydrogen-bond donors (Lipinski definition) is 2. The van der Waals surface area contributed by atoms with Gasteiger partial charge in [0.05, 0.1) is 25.0 Å². The monoisotopic (exact) mass is 566 g/mol. The summed E-state index contributed by atoms with van der Waals surface area (Å²) < 4.78 is 5.73. The molecule has 0 unspecified atom stereocenters. The average Bonchev–Trinajstić information content (AvgIpc) is 3.57. The zero-order valence-electron chi connectivity index (χ0n) is 21.2. The number of aryl methyl sites for hydroxylation is 2. The smallest absolute Gasteiger partial charge is 0.434 e. The van der Waals surface area contributed by atoms with Gasteiger partial charge >= 0.3 is 6.09 Å². The predicted molar refractivity (Wildman–Crippen MR) is 143 cm³/mol. The summed E-state index contributed by atoms with van der Waals surface area (Å²) >= 11 is 3.58. The Kier molecular flexibility index (Phi) is 7.09. The van der Waals surface area contributed by atoms with E-state index in [0.717, 1.165) is 41.4 Å². The topological polar surface area (TPSA) is 98.8 Å². The quantitative estimate of drug-likeness (QED) is 0.302. The minimum Gasteiger partial charge on any atom is -0.451 e. The van der Waals surface area contributed by atoms with Crippen LogP contribution < -0.4 is 0 Å². The van der Waals surface area contributed by atoms with Crippen LogP contribution in [0.3, 0.4) is 0 Å². The standard InChI is InChI=1S/C28H31BrN4O4/c1-16(2)25(33(36)28(35)37-3)27(34)32-12-4-5-24(32)26-30-15-23(31-26)19-8-10-21-17(13-19)6-7-18-14-20(29)9-11-22(18)21/h8-11,13-16,24-25,36H,4-7,12H2,1-3H3,(H,30,31)/t24-,25-/m0/s1. The van der Waals surface area contributed by atoms with Crippen LogP contribution in [0.5, 0.6) is 0 Å². The van der Waals surface area contributed by atoms with Crippen molar-refractivity contribution in [2.24, 2.45) is 5.92 Å². The van der Waals surface area contributed by atoms with E-state index >= 15 is 0 Å². The number of H-pyrrole nitrogens is 1. The van der Waals surface area contributed by atoms with Crippen molar-refractivity contribution in [1.82, 2.24) is 19.9 Å². The van der Waals surface area contributed by atoms with E-state index in [1.54, 1.807) is 18.7 Å². The van der Waals surface area contributed by atoms with E-state index in [1.807, 2.05) is 6.20 Å². The zero-order valence-corrected chi connectivity index (χ0v) is 22.8. The lowest BCUT2D eigenvalue weighted by atomic mass is 9.84. The number of aromatic nitrogens is 2. The van der Waals surface area contributed by atoms with Crippen LogP contribution in [0.4, 0.5) is 4.79 Å². The molecular formula is C28H31BrN4O4. The lowest BCUT2D eigenvalue weighted by Crippen LogP contribution is -2.52. The van der Waals surface area contributed by atoms with Crippen molar-refractivity contribution in [3.05, 3.63) is 64.0 Å². The summed E-state index contributed by atoms with van der Waals surface area (Å²) in [5, 5.41) is 10.7. The Labute approximate surface area is 224 Å². The maximum Gasteiger partial charge on any atom is 0.434 e. The average molecular weight is 567 g/mol. The van der Waals surface area contributed by atoms with Gasteiger partial charge in [-0.3, -0.25) is 10.0 Å². The number of ether oxygens (including phenoxy) is 1. The number of fused-ring (bicyclic) bond motifs is 3. The number of carbonyl (C=O) groups is 2. The van der Waals surface area contributed by atoms with Crippen molar-refractivity contribution in [2.75, 3.05) is 13.7 Å². The first kappa shape index (κ1) is 25.5. The van der Waals surface area contributed by atoms with Crippen molar-refractivity contribution in [1.29, 1.82) is 0 Å². The molecule has 194 valence electrons. The summed E-state index contributed by atoms with van der Waals surface area (Å²) in [4.78, 5) is 35.2. The Morgan fingerprint density at radius 1 is 1.16 bits per heavy atom. The molecule has 8 nitrogen and oxygen atoms in total. The van der Waals surface area contributed by atoms with E-state index in [4.69, 9.17) is 0 Å². The number of imidazole rings is 1. The summed E-state index contributed by atoms with van der Waals surface area (Å²) in [5.74, 6) is 0.0908. The third-order valence-electron chi connectivity index (χ3n) is 7.39. The number of likely N-dealkylation sites (tertiary alicyclic amines) is 1. The molecule has 0 bridgehead atoms. The van der Waals surface area contributed by atoms with Crippen LogP contribution in [0.1, 0.15) is 49.7 Å². The number of benzene rings is 2. The summed E-state index contributed by atoms with van der Waals surface area (Å²) in [5.41, 5.74) is 7.18. The fraction of sp³-hybridized carbons (Fsp3) is 0.393. The third-order valence-corrected chi connectivity index (χ3v) is 7.89. The molecule has 0 spiro atoms. The van der Waals surface area contributed by atoms with Crippen LogP contribution in [-0.4, -0.2) is 56.8 Å². The molecule has 3 aromatic rings. The van der Waals surface area contributed by atoms with Gasteiger partial charge in [0.1, 0.15) is 11.9 Å². The molecule has 1 aliphatic heterocycles. The van der Waals surface area contributed by atoms with Gasteiger partial charge in [-0.1, -0.05) is 48.0 Å². The Morgan fingerprint density at radius 2 is 1.86 bits per heavy atom. The lowest BCUT2D eigenvalue weighted by Gasteiger charge is -2.32. The fourth-order valence-electron chi connectivity index (χ4n) is 5.55. The molecule has 2 aromatic carbocycles. The van der Waals surface area contributed by atoms with Crippen LogP contribution in [0, 0.1) is 5.92 Å². The van der Waals surface area contributed by atoms with Crippen LogP contribution in [0.15, 0.2) is 47.1 Å². The number of rotatable bonds is 5. The highest BCUT2D eigenvalue weighted by molar-refractivity contribution is 9.10. The number of nitrogens with zero attached hydrogens (tertiary/aromatic N) is 3. The largest absolute Gasteiger partial charge is 0.451 e. The Morgan fingerprint density at radius 3 is 2.57 bits per heavy atom. The molecule has 1 aromatic heterocycles. The van der Waals surface area contributed by atoms with Crippen LogP contribution in [0.25, 0.3) is 22.4 Å². The maximum absolute atomic E-state index is 13.5.